The lowest BCUT2D eigenvalue weighted by Gasteiger charge is -2.23. The number of Topliss-reactive ketones (excluding diaryl/α,β-unsaturated/α-hetero) is 1. The molecule has 9 nitrogen and oxygen atoms in total. The molecule has 0 bridgehead atoms. The molecule has 1 fully saturated rings. The van der Waals surface area contributed by atoms with E-state index in [1.165, 1.54) is 13.3 Å². The van der Waals surface area contributed by atoms with Crippen LogP contribution in [0.3, 0.4) is 0 Å². The van der Waals surface area contributed by atoms with Crippen molar-refractivity contribution in [2.75, 3.05) is 26.9 Å². The molecule has 5 rings (SSSR count). The third-order valence-corrected chi connectivity index (χ3v) is 7.42. The van der Waals surface area contributed by atoms with E-state index in [2.05, 4.69) is 16.0 Å². The smallest absolute Gasteiger partial charge is 0.167 e. The van der Waals surface area contributed by atoms with Gasteiger partial charge in [0.15, 0.2) is 22.9 Å². The Morgan fingerprint density at radius 3 is 2.69 bits per heavy atom. The molecule has 4 heterocycles. The number of aliphatic hydroxyl groups excluding tert-OH is 1. The highest BCUT2D eigenvalue weighted by Crippen LogP contribution is 2.39. The second-order valence-electron chi connectivity index (χ2n) is 10.2. The summed E-state index contributed by atoms with van der Waals surface area (Å²) < 4.78 is 38.4. The zero-order valence-electron chi connectivity index (χ0n) is 23.6. The summed E-state index contributed by atoms with van der Waals surface area (Å²) in [6, 6.07) is 10.3. The fourth-order valence-corrected chi connectivity index (χ4v) is 5.26. The van der Waals surface area contributed by atoms with Gasteiger partial charge in [0.25, 0.3) is 0 Å². The minimum atomic E-state index is -0.614. The van der Waals surface area contributed by atoms with Crippen molar-refractivity contribution < 1.29 is 32.9 Å². The predicted molar refractivity (Wildman–Crippen MR) is 153 cm³/mol. The summed E-state index contributed by atoms with van der Waals surface area (Å²) in [5.41, 5.74) is 2.13. The number of methoxy groups -OCH3 is 1. The van der Waals surface area contributed by atoms with Gasteiger partial charge >= 0.3 is 0 Å². The second kappa shape index (κ2) is 13.1. The Bertz CT molecular complexity index is 1620. The third-order valence-electron chi connectivity index (χ3n) is 7.42. The van der Waals surface area contributed by atoms with Crippen LogP contribution in [0.2, 0.25) is 0 Å². The van der Waals surface area contributed by atoms with E-state index in [1.54, 1.807) is 30.3 Å². The quantitative estimate of drug-likeness (QED) is 0.211. The number of ether oxygens (including phenoxy) is 3. The van der Waals surface area contributed by atoms with E-state index in [9.17, 15) is 15.2 Å². The lowest BCUT2D eigenvalue weighted by Crippen LogP contribution is -2.26. The number of carbonyl (C=O) groups excluding carboxylic acids is 1. The standard InChI is InChI=1S/C32H32FN3O6/c1-3-4-19(7-10-37)31(38)22-14-27(39-2)30(36-17-22)28-15-25-32(42-28)29(24(33)18-35-25)20-5-6-26(21(13-20)16-34)41-23-8-11-40-12-9-23/h5-6,13-15,17-19,23,37H,3-4,7-12H2,1-2H3. The van der Waals surface area contributed by atoms with Gasteiger partial charge in [-0.05, 0) is 36.6 Å². The summed E-state index contributed by atoms with van der Waals surface area (Å²) in [4.78, 5) is 21.8. The number of pyridine rings is 2. The molecule has 4 aromatic rings. The van der Waals surface area contributed by atoms with E-state index < -0.39 is 5.82 Å². The Labute approximate surface area is 242 Å². The molecule has 1 aliphatic rings. The van der Waals surface area contributed by atoms with Gasteiger partial charge in [-0.2, -0.15) is 5.26 Å². The average molecular weight is 574 g/mol. The summed E-state index contributed by atoms with van der Waals surface area (Å²) >= 11 is 0. The molecule has 1 atom stereocenters. The monoisotopic (exact) mass is 573 g/mol. The van der Waals surface area contributed by atoms with Crippen molar-refractivity contribution in [1.29, 1.82) is 5.26 Å². The summed E-state index contributed by atoms with van der Waals surface area (Å²) in [6.07, 6.45) is 5.82. The minimum absolute atomic E-state index is 0.0509. The van der Waals surface area contributed by atoms with Crippen LogP contribution in [0, 0.1) is 23.1 Å². The molecule has 218 valence electrons. The first-order chi connectivity index (χ1) is 20.5. The van der Waals surface area contributed by atoms with Crippen LogP contribution in [0.15, 0.2) is 47.1 Å². The maximum absolute atomic E-state index is 15.3. The summed E-state index contributed by atoms with van der Waals surface area (Å²) in [7, 11) is 1.46. The molecule has 0 saturated carbocycles. The highest BCUT2D eigenvalue weighted by atomic mass is 19.1. The van der Waals surface area contributed by atoms with Crippen molar-refractivity contribution in [3.8, 4) is 40.1 Å². The van der Waals surface area contributed by atoms with Crippen LogP contribution >= 0.6 is 0 Å². The molecule has 0 radical (unpaired) electrons. The van der Waals surface area contributed by atoms with Gasteiger partial charge in [-0.3, -0.25) is 4.79 Å². The Hall–Kier alpha value is -4.33. The number of nitrogens with zero attached hydrogens (tertiary/aromatic N) is 3. The molecule has 1 N–H and O–H groups in total. The summed E-state index contributed by atoms with van der Waals surface area (Å²) in [5, 5.41) is 19.2. The largest absolute Gasteiger partial charge is 0.494 e. The number of halogens is 1. The number of hydrogen-bond donors (Lipinski definition) is 1. The molecular weight excluding hydrogens is 541 g/mol. The van der Waals surface area contributed by atoms with E-state index in [0.717, 1.165) is 25.5 Å². The van der Waals surface area contributed by atoms with Gasteiger partial charge in [0, 0.05) is 43.2 Å². The van der Waals surface area contributed by atoms with Crippen molar-refractivity contribution in [3.63, 3.8) is 0 Å². The number of benzene rings is 1. The number of ketones is 1. The lowest BCUT2D eigenvalue weighted by atomic mass is 9.91. The molecule has 42 heavy (non-hydrogen) atoms. The number of furan rings is 1. The number of fused-ring (bicyclic) bond motifs is 1. The Morgan fingerprint density at radius 1 is 1.17 bits per heavy atom. The predicted octanol–water partition coefficient (Wildman–Crippen LogP) is 6.12. The van der Waals surface area contributed by atoms with Crippen molar-refractivity contribution in [3.05, 3.63) is 59.7 Å². The van der Waals surface area contributed by atoms with Crippen molar-refractivity contribution in [2.45, 2.75) is 45.1 Å². The molecule has 1 saturated heterocycles. The number of nitriles is 1. The lowest BCUT2D eigenvalue weighted by molar-refractivity contribution is 0.0254. The second-order valence-corrected chi connectivity index (χ2v) is 10.2. The first kappa shape index (κ1) is 29.2. The van der Waals surface area contributed by atoms with Crippen LogP contribution in [0.4, 0.5) is 4.39 Å². The molecule has 0 aliphatic carbocycles. The van der Waals surface area contributed by atoms with Crippen LogP contribution in [0.25, 0.3) is 33.7 Å². The third kappa shape index (κ3) is 5.98. The highest BCUT2D eigenvalue weighted by molar-refractivity contribution is 5.98. The number of aliphatic hydroxyl groups is 1. The van der Waals surface area contributed by atoms with Gasteiger partial charge in [0.2, 0.25) is 0 Å². The zero-order chi connectivity index (χ0) is 29.6. The molecule has 3 aromatic heterocycles. The number of aromatic nitrogens is 2. The molecule has 0 spiro atoms. The first-order valence-electron chi connectivity index (χ1n) is 14.0. The van der Waals surface area contributed by atoms with Crippen LogP contribution < -0.4 is 9.47 Å². The van der Waals surface area contributed by atoms with Gasteiger partial charge in [-0.25, -0.2) is 14.4 Å². The zero-order valence-corrected chi connectivity index (χ0v) is 23.6. The summed E-state index contributed by atoms with van der Waals surface area (Å²) in [5.74, 6) is -0.0236. The van der Waals surface area contributed by atoms with E-state index >= 15 is 4.39 Å². The van der Waals surface area contributed by atoms with Crippen LogP contribution in [0.5, 0.6) is 11.5 Å². The highest BCUT2D eigenvalue weighted by Gasteiger charge is 2.24. The van der Waals surface area contributed by atoms with E-state index in [-0.39, 0.29) is 46.9 Å². The van der Waals surface area contributed by atoms with Gasteiger partial charge in [-0.15, -0.1) is 0 Å². The minimum Gasteiger partial charge on any atom is -0.494 e. The number of hydrogen-bond acceptors (Lipinski definition) is 9. The SMILES string of the molecule is CCCC(CCO)C(=O)c1cnc(-c2cc3ncc(F)c(-c4ccc(OC5CCOCC5)c(C#N)c4)c3o2)c(OC)c1. The Morgan fingerprint density at radius 2 is 1.98 bits per heavy atom. The molecule has 1 unspecified atom stereocenters. The number of carbonyl (C=O) groups is 1. The molecule has 10 heteroatoms. The molecule has 0 amide bonds. The Kier molecular flexibility index (Phi) is 9.10. The molecular formula is C32H32FN3O6. The molecule has 1 aliphatic heterocycles. The maximum Gasteiger partial charge on any atom is 0.167 e. The van der Waals surface area contributed by atoms with Crippen molar-refractivity contribution >= 4 is 16.9 Å². The molecule has 1 aromatic carbocycles. The van der Waals surface area contributed by atoms with Gasteiger partial charge in [-0.1, -0.05) is 19.4 Å². The Balaban J connectivity index is 1.50. The van der Waals surface area contributed by atoms with Gasteiger partial charge in [0.05, 0.1) is 37.6 Å². The van der Waals surface area contributed by atoms with E-state index in [4.69, 9.17) is 18.6 Å². The van der Waals surface area contributed by atoms with Crippen molar-refractivity contribution in [1.82, 2.24) is 9.97 Å². The van der Waals surface area contributed by atoms with Gasteiger partial charge in [0.1, 0.15) is 34.9 Å². The fourth-order valence-electron chi connectivity index (χ4n) is 5.26. The normalized spacial score (nSPS) is 14.5. The van der Waals surface area contributed by atoms with Gasteiger partial charge < -0.3 is 23.7 Å². The maximum atomic E-state index is 15.3. The average Bonchev–Trinajstić information content (AvgIpc) is 3.45. The first-order valence-corrected chi connectivity index (χ1v) is 14.0. The van der Waals surface area contributed by atoms with Crippen LogP contribution in [0.1, 0.15) is 54.9 Å². The number of rotatable bonds is 11. The summed E-state index contributed by atoms with van der Waals surface area (Å²) in [6.45, 7) is 3.12. The van der Waals surface area contributed by atoms with Crippen LogP contribution in [-0.2, 0) is 4.74 Å². The van der Waals surface area contributed by atoms with Crippen LogP contribution in [-0.4, -0.2) is 53.9 Å². The van der Waals surface area contributed by atoms with Crippen molar-refractivity contribution in [2.24, 2.45) is 5.92 Å². The fraction of sp³-hybridized carbons (Fsp3) is 0.375. The van der Waals surface area contributed by atoms with E-state index in [1.807, 2.05) is 6.92 Å². The van der Waals surface area contributed by atoms with E-state index in [0.29, 0.717) is 59.9 Å². The topological polar surface area (TPSA) is 128 Å².